The number of halogens is 3. The lowest BCUT2D eigenvalue weighted by Gasteiger charge is -2.40. The molecule has 0 aromatic carbocycles. The molecule has 2 aliphatic rings. The van der Waals surface area contributed by atoms with Crippen LogP contribution >= 0.6 is 0 Å². The van der Waals surface area contributed by atoms with E-state index >= 15 is 0 Å². The van der Waals surface area contributed by atoms with Crippen LogP contribution in [0.1, 0.15) is 6.92 Å². The Hall–Kier alpha value is -0.700. The lowest BCUT2D eigenvalue weighted by molar-refractivity contribution is -0.244. The molecule has 2 fully saturated rings. The summed E-state index contributed by atoms with van der Waals surface area (Å²) in [5, 5.41) is 19.2. The van der Waals surface area contributed by atoms with Crippen LogP contribution in [0.4, 0.5) is 13.2 Å². The molecule has 0 aromatic heterocycles. The van der Waals surface area contributed by atoms with Gasteiger partial charge in [-0.2, -0.15) is 13.2 Å². The maximum Gasteiger partial charge on any atom is 0.450 e. The van der Waals surface area contributed by atoms with Crippen molar-refractivity contribution in [2.45, 2.75) is 37.2 Å². The molecule has 17 heavy (non-hydrogen) atoms. The van der Waals surface area contributed by atoms with Crippen molar-refractivity contribution in [3.63, 3.8) is 0 Å². The maximum absolute atomic E-state index is 12.3. The highest BCUT2D eigenvalue weighted by Gasteiger charge is 2.62. The highest BCUT2D eigenvalue weighted by molar-refractivity contribution is 5.87. The van der Waals surface area contributed by atoms with E-state index in [1.54, 1.807) is 0 Å². The summed E-state index contributed by atoms with van der Waals surface area (Å²) >= 11 is 0. The van der Waals surface area contributed by atoms with Gasteiger partial charge in [0.15, 0.2) is 6.29 Å². The highest BCUT2D eigenvalue weighted by atomic mass is 19.4. The van der Waals surface area contributed by atoms with Crippen molar-refractivity contribution in [3.05, 3.63) is 0 Å². The minimum atomic E-state index is -5.10. The summed E-state index contributed by atoms with van der Waals surface area (Å²) in [7, 11) is 0. The normalized spacial score (nSPS) is 46.0. The fraction of sp³-hybridized carbons (Fsp3) is 0.889. The zero-order valence-electron chi connectivity index (χ0n) is 8.77. The third kappa shape index (κ3) is 1.85. The van der Waals surface area contributed by atoms with E-state index in [0.717, 1.165) is 0 Å². The molecule has 0 aliphatic carbocycles. The van der Waals surface area contributed by atoms with Crippen molar-refractivity contribution in [1.82, 2.24) is 0 Å². The topological polar surface area (TPSA) is 76.0 Å². The zero-order valence-corrected chi connectivity index (χ0v) is 8.77. The monoisotopic (exact) mass is 256 g/mol. The zero-order chi connectivity index (χ0) is 13.0. The Kier molecular flexibility index (Phi) is 2.73. The van der Waals surface area contributed by atoms with Crippen LogP contribution in [0.5, 0.6) is 0 Å². The Bertz CT molecular complexity index is 344. The van der Waals surface area contributed by atoms with Crippen molar-refractivity contribution >= 4 is 5.78 Å². The number of rotatable bonds is 1. The molecule has 0 saturated carbocycles. The molecule has 0 aromatic rings. The third-order valence-electron chi connectivity index (χ3n) is 3.11. The number of aliphatic hydroxyl groups excluding tert-OH is 2. The SMILES string of the molecule is C[C@@]12CO[C@@H](O1)[C@@H](C(=O)C(F)(F)F)[C@@H](O)[C@H]2O. The molecule has 0 unspecified atom stereocenters. The summed E-state index contributed by atoms with van der Waals surface area (Å²) in [5.41, 5.74) is -1.27. The molecule has 2 rings (SSSR count). The van der Waals surface area contributed by atoms with Crippen molar-refractivity contribution in [1.29, 1.82) is 0 Å². The first-order chi connectivity index (χ1) is 7.67. The predicted molar refractivity (Wildman–Crippen MR) is 45.8 cm³/mol. The molecular formula is C9H11F3O5. The van der Waals surface area contributed by atoms with Crippen LogP contribution < -0.4 is 0 Å². The van der Waals surface area contributed by atoms with E-state index in [2.05, 4.69) is 0 Å². The van der Waals surface area contributed by atoms with E-state index in [9.17, 15) is 28.2 Å². The quantitative estimate of drug-likeness (QED) is 0.667. The van der Waals surface area contributed by atoms with E-state index in [1.165, 1.54) is 6.92 Å². The van der Waals surface area contributed by atoms with Gasteiger partial charge in [-0.1, -0.05) is 0 Å². The van der Waals surface area contributed by atoms with Gasteiger partial charge < -0.3 is 19.7 Å². The summed E-state index contributed by atoms with van der Waals surface area (Å²) in [6.07, 6.45) is -10.0. The lowest BCUT2D eigenvalue weighted by atomic mass is 9.83. The second kappa shape index (κ2) is 3.64. The molecule has 2 heterocycles. The minimum Gasteiger partial charge on any atom is -0.389 e. The number of hydrogen-bond donors (Lipinski definition) is 2. The van der Waals surface area contributed by atoms with E-state index in [-0.39, 0.29) is 6.61 Å². The summed E-state index contributed by atoms with van der Waals surface area (Å²) < 4.78 is 46.8. The van der Waals surface area contributed by atoms with Crippen LogP contribution in [0.2, 0.25) is 0 Å². The fourth-order valence-corrected chi connectivity index (χ4v) is 2.10. The Morgan fingerprint density at radius 1 is 1.41 bits per heavy atom. The Balaban J connectivity index is 2.28. The van der Waals surface area contributed by atoms with Gasteiger partial charge in [-0.05, 0) is 6.92 Å². The number of ketones is 1. The first-order valence-corrected chi connectivity index (χ1v) is 4.93. The smallest absolute Gasteiger partial charge is 0.389 e. The molecular weight excluding hydrogens is 245 g/mol. The molecule has 0 amide bonds. The second-order valence-electron chi connectivity index (χ2n) is 4.43. The molecule has 8 heteroatoms. The van der Waals surface area contributed by atoms with Gasteiger partial charge in [0.2, 0.25) is 5.78 Å². The summed E-state index contributed by atoms with van der Waals surface area (Å²) in [4.78, 5) is 11.1. The van der Waals surface area contributed by atoms with Crippen LogP contribution in [0.25, 0.3) is 0 Å². The van der Waals surface area contributed by atoms with E-state index in [1.807, 2.05) is 0 Å². The number of carbonyl (C=O) groups is 1. The summed E-state index contributed by atoms with van der Waals surface area (Å²) in [5.74, 6) is -4.10. The van der Waals surface area contributed by atoms with Gasteiger partial charge in [-0.25, -0.2) is 0 Å². The standard InChI is InChI=1S/C9H11F3O5/c1-8-2-16-7(17-8)3(4(13)6(8)15)5(14)9(10,11)12/h3-4,6-7,13,15H,2H2,1H3/t3-,4-,6-,7+,8+/m1/s1. The predicted octanol–water partition coefficient (Wildman–Crippen LogP) is -0.399. The molecule has 0 radical (unpaired) electrons. The molecule has 2 N–H and O–H groups in total. The molecule has 5 nitrogen and oxygen atoms in total. The number of ether oxygens (including phenoxy) is 2. The van der Waals surface area contributed by atoms with Crippen molar-refractivity contribution in [2.24, 2.45) is 5.92 Å². The second-order valence-corrected chi connectivity index (χ2v) is 4.43. The largest absolute Gasteiger partial charge is 0.450 e. The number of aliphatic hydroxyl groups is 2. The van der Waals surface area contributed by atoms with E-state index in [4.69, 9.17) is 9.47 Å². The van der Waals surface area contributed by atoms with Crippen LogP contribution in [0.15, 0.2) is 0 Å². The van der Waals surface area contributed by atoms with E-state index < -0.39 is 42.0 Å². The Morgan fingerprint density at radius 2 is 2.00 bits per heavy atom. The number of Topliss-reactive ketones (excluding diaryl/α,β-unsaturated/α-hetero) is 1. The first kappa shape index (κ1) is 12.7. The van der Waals surface area contributed by atoms with Crippen LogP contribution in [-0.2, 0) is 14.3 Å². The average Bonchev–Trinajstić information content (AvgIpc) is 2.55. The van der Waals surface area contributed by atoms with Crippen molar-refractivity contribution in [2.75, 3.05) is 6.61 Å². The Morgan fingerprint density at radius 3 is 2.53 bits per heavy atom. The lowest BCUT2D eigenvalue weighted by Crippen LogP contribution is -2.60. The molecule has 98 valence electrons. The number of hydrogen-bond acceptors (Lipinski definition) is 5. The van der Waals surface area contributed by atoms with Gasteiger partial charge in [-0.15, -0.1) is 0 Å². The first-order valence-electron chi connectivity index (χ1n) is 4.93. The van der Waals surface area contributed by atoms with Gasteiger partial charge in [0.05, 0.1) is 12.7 Å². The minimum absolute atomic E-state index is 0.169. The molecule has 0 spiro atoms. The molecule has 2 saturated heterocycles. The van der Waals surface area contributed by atoms with Gasteiger partial charge in [0.25, 0.3) is 0 Å². The van der Waals surface area contributed by atoms with Crippen molar-refractivity contribution in [3.8, 4) is 0 Å². The van der Waals surface area contributed by atoms with Gasteiger partial charge in [0.1, 0.15) is 17.6 Å². The van der Waals surface area contributed by atoms with Gasteiger partial charge >= 0.3 is 6.18 Å². The summed E-state index contributed by atoms with van der Waals surface area (Å²) in [6, 6.07) is 0. The van der Waals surface area contributed by atoms with Crippen LogP contribution in [0, 0.1) is 5.92 Å². The number of alkyl halides is 3. The van der Waals surface area contributed by atoms with Gasteiger partial charge in [0, 0.05) is 0 Å². The van der Waals surface area contributed by atoms with Crippen molar-refractivity contribution < 1.29 is 37.7 Å². The maximum atomic E-state index is 12.3. The summed E-state index contributed by atoms with van der Waals surface area (Å²) in [6.45, 7) is 1.23. The third-order valence-corrected chi connectivity index (χ3v) is 3.11. The van der Waals surface area contributed by atoms with Crippen LogP contribution in [0.3, 0.4) is 0 Å². The van der Waals surface area contributed by atoms with E-state index in [0.29, 0.717) is 0 Å². The number of fused-ring (bicyclic) bond motifs is 2. The number of carbonyl (C=O) groups excluding carboxylic acids is 1. The fourth-order valence-electron chi connectivity index (χ4n) is 2.10. The molecule has 5 atom stereocenters. The average molecular weight is 256 g/mol. The van der Waals surface area contributed by atoms with Gasteiger partial charge in [-0.3, -0.25) is 4.79 Å². The molecule has 2 aliphatic heterocycles. The van der Waals surface area contributed by atoms with Crippen LogP contribution in [-0.4, -0.2) is 52.9 Å². The molecule has 2 bridgehead atoms. The highest BCUT2D eigenvalue weighted by Crippen LogP contribution is 2.41. The Labute approximate surface area is 94.1 Å².